The fourth-order valence-corrected chi connectivity index (χ4v) is 3.28. The molecule has 6 nitrogen and oxygen atoms in total. The summed E-state index contributed by atoms with van der Waals surface area (Å²) < 4.78 is 24.4. The van der Waals surface area contributed by atoms with Crippen molar-refractivity contribution in [2.75, 3.05) is 19.8 Å². The lowest BCUT2D eigenvalue weighted by molar-refractivity contribution is -0.142. The van der Waals surface area contributed by atoms with Crippen molar-refractivity contribution in [2.45, 2.75) is 38.5 Å². The molecule has 2 atom stereocenters. The van der Waals surface area contributed by atoms with Crippen LogP contribution in [0.2, 0.25) is 0 Å². The smallest absolute Gasteiger partial charge is 0.261 e. The topological polar surface area (TPSA) is 67.9 Å². The Hall–Kier alpha value is -2.93. The molecule has 0 bridgehead atoms. The van der Waals surface area contributed by atoms with Crippen LogP contribution < -0.4 is 10.1 Å². The average molecular weight is 414 g/mol. The summed E-state index contributed by atoms with van der Waals surface area (Å²) in [6, 6.07) is 14.2. The molecule has 2 aromatic carbocycles. The second kappa shape index (κ2) is 10.7. The Balaban J connectivity index is 1.65. The van der Waals surface area contributed by atoms with Gasteiger partial charge >= 0.3 is 0 Å². The van der Waals surface area contributed by atoms with Gasteiger partial charge in [-0.05, 0) is 49.6 Å². The number of carbonyl (C=O) groups excluding carboxylic acids is 2. The lowest BCUT2D eigenvalue weighted by Crippen LogP contribution is -2.50. The van der Waals surface area contributed by atoms with Gasteiger partial charge in [0.1, 0.15) is 17.6 Å². The molecular weight excluding hydrogens is 387 g/mol. The van der Waals surface area contributed by atoms with Crippen LogP contribution in [0.25, 0.3) is 0 Å². The molecular formula is C23H27FN2O4. The van der Waals surface area contributed by atoms with Crippen LogP contribution >= 0.6 is 0 Å². The maximum atomic E-state index is 13.2. The first-order valence-corrected chi connectivity index (χ1v) is 10.1. The number of nitrogens with zero attached hydrogens (tertiary/aromatic N) is 1. The Morgan fingerprint density at radius 3 is 2.60 bits per heavy atom. The summed E-state index contributed by atoms with van der Waals surface area (Å²) in [5, 5.41) is 2.87. The summed E-state index contributed by atoms with van der Waals surface area (Å²) in [5.41, 5.74) is 0.725. The molecule has 3 rings (SSSR count). The van der Waals surface area contributed by atoms with E-state index < -0.39 is 6.04 Å². The molecule has 1 fully saturated rings. The Morgan fingerprint density at radius 2 is 1.93 bits per heavy atom. The zero-order valence-corrected chi connectivity index (χ0v) is 17.1. The minimum Gasteiger partial charge on any atom is -0.484 e. The molecule has 2 amide bonds. The summed E-state index contributed by atoms with van der Waals surface area (Å²) in [7, 11) is 0. The standard InChI is InChI=1S/C23H27FN2O4/c1-17(23(28)25-14-21-8-5-13-29-21)26(15-18-9-11-19(24)12-10-18)22(27)16-30-20-6-3-2-4-7-20/h2-4,6-7,9-12,17,21H,5,8,13-16H2,1H3,(H,25,28)/t17-,21+/m1/s1. The fraction of sp³-hybridized carbons (Fsp3) is 0.391. The van der Waals surface area contributed by atoms with Gasteiger partial charge in [-0.2, -0.15) is 0 Å². The number of hydrogen-bond donors (Lipinski definition) is 1. The molecule has 0 aromatic heterocycles. The van der Waals surface area contributed by atoms with E-state index >= 15 is 0 Å². The number of para-hydroxylation sites is 1. The maximum Gasteiger partial charge on any atom is 0.261 e. The number of ether oxygens (including phenoxy) is 2. The van der Waals surface area contributed by atoms with Gasteiger partial charge in [0.05, 0.1) is 6.10 Å². The van der Waals surface area contributed by atoms with Gasteiger partial charge in [-0.25, -0.2) is 4.39 Å². The molecule has 0 saturated carbocycles. The predicted octanol–water partition coefficient (Wildman–Crippen LogP) is 2.92. The van der Waals surface area contributed by atoms with Crippen LogP contribution in [0.15, 0.2) is 54.6 Å². The molecule has 0 aliphatic carbocycles. The van der Waals surface area contributed by atoms with Crippen molar-refractivity contribution >= 4 is 11.8 Å². The van der Waals surface area contributed by atoms with Gasteiger partial charge in [0.15, 0.2) is 6.61 Å². The lowest BCUT2D eigenvalue weighted by Gasteiger charge is -2.29. The van der Waals surface area contributed by atoms with Gasteiger partial charge in [0.25, 0.3) is 5.91 Å². The molecule has 160 valence electrons. The predicted molar refractivity (Wildman–Crippen MR) is 110 cm³/mol. The fourth-order valence-electron chi connectivity index (χ4n) is 3.28. The van der Waals surface area contributed by atoms with E-state index in [1.54, 1.807) is 31.2 Å². The number of rotatable bonds is 9. The van der Waals surface area contributed by atoms with Crippen molar-refractivity contribution in [3.63, 3.8) is 0 Å². The highest BCUT2D eigenvalue weighted by molar-refractivity contribution is 5.88. The van der Waals surface area contributed by atoms with Gasteiger partial charge in [-0.1, -0.05) is 30.3 Å². The molecule has 1 aliphatic heterocycles. The zero-order chi connectivity index (χ0) is 21.3. The summed E-state index contributed by atoms with van der Waals surface area (Å²) in [6.07, 6.45) is 1.92. The third-order valence-electron chi connectivity index (χ3n) is 5.07. The number of nitrogens with one attached hydrogen (secondary N) is 1. The zero-order valence-electron chi connectivity index (χ0n) is 17.1. The summed E-state index contributed by atoms with van der Waals surface area (Å²) in [5.74, 6) is -0.377. The van der Waals surface area contributed by atoms with Crippen LogP contribution in [0.1, 0.15) is 25.3 Å². The first-order valence-electron chi connectivity index (χ1n) is 10.1. The molecule has 0 spiro atoms. The van der Waals surface area contributed by atoms with Gasteiger partial charge in [0, 0.05) is 19.7 Å². The monoisotopic (exact) mass is 414 g/mol. The summed E-state index contributed by atoms with van der Waals surface area (Å²) in [4.78, 5) is 27.1. The lowest BCUT2D eigenvalue weighted by atomic mass is 10.1. The van der Waals surface area contributed by atoms with E-state index in [-0.39, 0.29) is 36.9 Å². The average Bonchev–Trinajstić information content (AvgIpc) is 3.29. The minimum absolute atomic E-state index is 0.0174. The second-order valence-electron chi connectivity index (χ2n) is 7.31. The third-order valence-corrected chi connectivity index (χ3v) is 5.07. The maximum absolute atomic E-state index is 13.2. The van der Waals surface area contributed by atoms with E-state index in [9.17, 15) is 14.0 Å². The Bertz CT molecular complexity index is 823. The first kappa shape index (κ1) is 21.8. The number of halogens is 1. The van der Waals surface area contributed by atoms with Gasteiger partial charge < -0.3 is 19.7 Å². The highest BCUT2D eigenvalue weighted by Gasteiger charge is 2.27. The van der Waals surface area contributed by atoms with Gasteiger partial charge in [0.2, 0.25) is 5.91 Å². The van der Waals surface area contributed by atoms with Crippen LogP contribution in [0.5, 0.6) is 5.75 Å². The third kappa shape index (κ3) is 6.29. The van der Waals surface area contributed by atoms with Crippen molar-refractivity contribution in [1.82, 2.24) is 10.2 Å². The second-order valence-corrected chi connectivity index (χ2v) is 7.31. The molecule has 1 saturated heterocycles. The summed E-state index contributed by atoms with van der Waals surface area (Å²) >= 11 is 0. The SMILES string of the molecule is C[C@H](C(=O)NC[C@@H]1CCCO1)N(Cc1ccc(F)cc1)C(=O)COc1ccccc1. The molecule has 1 aliphatic rings. The van der Waals surface area contributed by atoms with Crippen molar-refractivity contribution in [2.24, 2.45) is 0 Å². The molecule has 0 radical (unpaired) electrons. The van der Waals surface area contributed by atoms with Crippen LogP contribution in [0.3, 0.4) is 0 Å². The molecule has 30 heavy (non-hydrogen) atoms. The highest BCUT2D eigenvalue weighted by Crippen LogP contribution is 2.14. The van der Waals surface area contributed by atoms with Crippen molar-refractivity contribution < 1.29 is 23.5 Å². The van der Waals surface area contributed by atoms with E-state index in [1.165, 1.54) is 17.0 Å². The molecule has 1 N–H and O–H groups in total. The van der Waals surface area contributed by atoms with Crippen molar-refractivity contribution in [3.8, 4) is 5.75 Å². The van der Waals surface area contributed by atoms with Crippen molar-refractivity contribution in [3.05, 3.63) is 66.0 Å². The number of benzene rings is 2. The first-order chi connectivity index (χ1) is 14.5. The quantitative estimate of drug-likeness (QED) is 0.685. The van der Waals surface area contributed by atoms with Crippen LogP contribution in [0, 0.1) is 5.82 Å². The summed E-state index contributed by atoms with van der Waals surface area (Å²) in [6.45, 7) is 2.78. The molecule has 0 unspecified atom stereocenters. The Morgan fingerprint density at radius 1 is 1.20 bits per heavy atom. The van der Waals surface area contributed by atoms with E-state index in [0.717, 1.165) is 18.4 Å². The normalized spacial score (nSPS) is 16.7. The molecule has 2 aromatic rings. The Labute approximate surface area is 176 Å². The van der Waals surface area contributed by atoms with E-state index in [4.69, 9.17) is 9.47 Å². The molecule has 7 heteroatoms. The van der Waals surface area contributed by atoms with Gasteiger partial charge in [-0.3, -0.25) is 9.59 Å². The number of amides is 2. The largest absolute Gasteiger partial charge is 0.484 e. The van der Waals surface area contributed by atoms with E-state index in [0.29, 0.717) is 18.9 Å². The minimum atomic E-state index is -0.719. The number of hydrogen-bond acceptors (Lipinski definition) is 4. The van der Waals surface area contributed by atoms with Crippen molar-refractivity contribution in [1.29, 1.82) is 0 Å². The van der Waals surface area contributed by atoms with E-state index in [1.807, 2.05) is 18.2 Å². The Kier molecular flexibility index (Phi) is 7.79. The van der Waals surface area contributed by atoms with Crippen LogP contribution in [0.4, 0.5) is 4.39 Å². The molecule has 1 heterocycles. The van der Waals surface area contributed by atoms with Crippen LogP contribution in [-0.4, -0.2) is 48.6 Å². The van der Waals surface area contributed by atoms with E-state index in [2.05, 4.69) is 5.32 Å². The number of carbonyl (C=O) groups is 2. The van der Waals surface area contributed by atoms with Crippen LogP contribution in [-0.2, 0) is 20.9 Å². The highest BCUT2D eigenvalue weighted by atomic mass is 19.1. The van der Waals surface area contributed by atoms with Gasteiger partial charge in [-0.15, -0.1) is 0 Å².